The van der Waals surface area contributed by atoms with Crippen LogP contribution < -0.4 is 10.3 Å². The maximum atomic E-state index is 13.5. The van der Waals surface area contributed by atoms with Gasteiger partial charge in [0.2, 0.25) is 5.75 Å². The van der Waals surface area contributed by atoms with E-state index in [4.69, 9.17) is 21.3 Å². The molecule has 39 heavy (non-hydrogen) atoms. The van der Waals surface area contributed by atoms with Crippen LogP contribution in [0.2, 0.25) is 5.02 Å². The van der Waals surface area contributed by atoms with Gasteiger partial charge in [-0.15, -0.1) is 0 Å². The van der Waals surface area contributed by atoms with Gasteiger partial charge < -0.3 is 4.74 Å². The highest BCUT2D eigenvalue weighted by Crippen LogP contribution is 2.37. The van der Waals surface area contributed by atoms with Crippen molar-refractivity contribution in [1.82, 2.24) is 9.66 Å². The van der Waals surface area contributed by atoms with Gasteiger partial charge in [-0.2, -0.15) is 9.78 Å². The second-order valence-corrected chi connectivity index (χ2v) is 11.6. The van der Waals surface area contributed by atoms with Crippen LogP contribution in [-0.4, -0.2) is 20.8 Å². The van der Waals surface area contributed by atoms with Crippen molar-refractivity contribution in [3.8, 4) is 5.75 Å². The molecule has 5 rings (SSSR count). The summed E-state index contributed by atoms with van der Waals surface area (Å²) in [5.74, 6) is 0.827. The zero-order valence-electron chi connectivity index (χ0n) is 20.6. The number of nitro groups is 1. The maximum absolute atomic E-state index is 13.5. The summed E-state index contributed by atoms with van der Waals surface area (Å²) in [7, 11) is 0. The molecule has 1 aliphatic carbocycles. The number of fused-ring (bicyclic) bond motifs is 1. The van der Waals surface area contributed by atoms with Gasteiger partial charge in [0.05, 0.1) is 26.5 Å². The standard InChI is InChI=1S/C28H23Br2ClN4O4/c29-20-8-11-24-22(14-20)28(36)34(27(33-24)19-4-2-1-3-5-19)32-15-18-12-23(30)26(25(13-18)35(37)38)39-16-17-6-9-21(31)10-7-17/h6-15,19H,1-5,16H2. The number of hydrogen-bond acceptors (Lipinski definition) is 6. The average Bonchev–Trinajstić information content (AvgIpc) is 2.93. The first-order valence-corrected chi connectivity index (χ1v) is 14.4. The molecule has 0 aliphatic heterocycles. The zero-order chi connectivity index (χ0) is 27.5. The van der Waals surface area contributed by atoms with Crippen molar-refractivity contribution in [3.63, 3.8) is 0 Å². The lowest BCUT2D eigenvalue weighted by Gasteiger charge is -2.22. The monoisotopic (exact) mass is 672 g/mol. The highest BCUT2D eigenvalue weighted by atomic mass is 79.9. The molecule has 1 saturated carbocycles. The second kappa shape index (κ2) is 12.0. The average molecular weight is 675 g/mol. The van der Waals surface area contributed by atoms with Gasteiger partial charge in [-0.3, -0.25) is 14.9 Å². The Labute approximate surface area is 246 Å². The SMILES string of the molecule is O=c1c2cc(Br)ccc2nc(C2CCCCC2)n1N=Cc1cc(Br)c(OCc2ccc(Cl)cc2)c([N+](=O)[O-])c1. The highest BCUT2D eigenvalue weighted by molar-refractivity contribution is 9.10. The van der Waals surface area contributed by atoms with Gasteiger partial charge in [-0.1, -0.05) is 58.9 Å². The van der Waals surface area contributed by atoms with Gasteiger partial charge in [0.1, 0.15) is 12.4 Å². The summed E-state index contributed by atoms with van der Waals surface area (Å²) in [6, 6.07) is 15.5. The van der Waals surface area contributed by atoms with Crippen LogP contribution in [0.25, 0.3) is 10.9 Å². The number of rotatable bonds is 7. The Morgan fingerprint density at radius 2 is 1.85 bits per heavy atom. The topological polar surface area (TPSA) is 99.6 Å². The molecular weight excluding hydrogens is 652 g/mol. The summed E-state index contributed by atoms with van der Waals surface area (Å²) in [6.45, 7) is 0.127. The summed E-state index contributed by atoms with van der Waals surface area (Å²) in [5, 5.41) is 17.5. The van der Waals surface area contributed by atoms with Crippen molar-refractivity contribution in [3.05, 3.63) is 106 Å². The van der Waals surface area contributed by atoms with Crippen LogP contribution in [0.4, 0.5) is 5.69 Å². The summed E-state index contributed by atoms with van der Waals surface area (Å²) < 4.78 is 8.31. The molecule has 1 aliphatic rings. The van der Waals surface area contributed by atoms with Gasteiger partial charge in [-0.25, -0.2) is 4.98 Å². The Bertz CT molecular complexity index is 1630. The molecule has 1 fully saturated rings. The Morgan fingerprint density at radius 3 is 2.56 bits per heavy atom. The van der Waals surface area contributed by atoms with Crippen LogP contribution in [0, 0.1) is 10.1 Å². The first kappa shape index (κ1) is 27.5. The molecule has 8 nitrogen and oxygen atoms in total. The van der Waals surface area contributed by atoms with Crippen LogP contribution in [-0.2, 0) is 6.61 Å². The lowest BCUT2D eigenvalue weighted by molar-refractivity contribution is -0.386. The van der Waals surface area contributed by atoms with Crippen molar-refractivity contribution in [2.75, 3.05) is 0 Å². The van der Waals surface area contributed by atoms with E-state index in [0.29, 0.717) is 31.8 Å². The van der Waals surface area contributed by atoms with Crippen molar-refractivity contribution in [1.29, 1.82) is 0 Å². The van der Waals surface area contributed by atoms with Crippen LogP contribution in [0.1, 0.15) is 55.0 Å². The number of benzene rings is 3. The minimum Gasteiger partial charge on any atom is -0.481 e. The molecule has 0 bridgehead atoms. The summed E-state index contributed by atoms with van der Waals surface area (Å²) in [6.07, 6.45) is 6.61. The zero-order valence-corrected chi connectivity index (χ0v) is 24.6. The van der Waals surface area contributed by atoms with E-state index < -0.39 is 4.92 Å². The first-order chi connectivity index (χ1) is 18.8. The minimum absolute atomic E-state index is 0.101. The molecule has 0 unspecified atom stereocenters. The number of halogens is 3. The number of nitro benzene ring substituents is 1. The number of aromatic nitrogens is 2. The Hall–Kier alpha value is -3.08. The molecule has 1 heterocycles. The van der Waals surface area contributed by atoms with Crippen LogP contribution >= 0.6 is 43.5 Å². The highest BCUT2D eigenvalue weighted by Gasteiger charge is 2.23. The van der Waals surface area contributed by atoms with Crippen LogP contribution in [0.3, 0.4) is 0 Å². The minimum atomic E-state index is -0.506. The Kier molecular flexibility index (Phi) is 8.44. The van der Waals surface area contributed by atoms with E-state index in [-0.39, 0.29) is 29.5 Å². The summed E-state index contributed by atoms with van der Waals surface area (Å²) in [4.78, 5) is 29.8. The van der Waals surface area contributed by atoms with Gasteiger partial charge in [0, 0.05) is 27.0 Å². The number of nitrogens with zero attached hydrogens (tertiary/aromatic N) is 4. The molecule has 4 aromatic rings. The fourth-order valence-corrected chi connectivity index (χ4v) is 5.78. The summed E-state index contributed by atoms with van der Waals surface area (Å²) in [5.41, 5.74) is 1.37. The van der Waals surface area contributed by atoms with Gasteiger partial charge >= 0.3 is 5.69 Å². The largest absolute Gasteiger partial charge is 0.481 e. The van der Waals surface area contributed by atoms with Crippen molar-refractivity contribution in [2.24, 2.45) is 5.10 Å². The second-order valence-electron chi connectivity index (χ2n) is 9.35. The number of ether oxygens (including phenoxy) is 1. The molecule has 0 N–H and O–H groups in total. The van der Waals surface area contributed by atoms with E-state index in [1.165, 1.54) is 17.0 Å². The van der Waals surface area contributed by atoms with Crippen molar-refractivity contribution < 1.29 is 9.66 Å². The Morgan fingerprint density at radius 1 is 1.10 bits per heavy atom. The fraction of sp³-hybridized carbons (Fsp3) is 0.250. The molecule has 3 aromatic carbocycles. The van der Waals surface area contributed by atoms with E-state index in [2.05, 4.69) is 37.0 Å². The molecule has 0 amide bonds. The van der Waals surface area contributed by atoms with Crippen LogP contribution in [0.15, 0.2) is 73.4 Å². The van der Waals surface area contributed by atoms with E-state index in [1.807, 2.05) is 12.1 Å². The normalized spacial score (nSPS) is 14.2. The van der Waals surface area contributed by atoms with E-state index in [1.54, 1.807) is 36.4 Å². The third-order valence-electron chi connectivity index (χ3n) is 6.67. The molecule has 0 atom stereocenters. The predicted octanol–water partition coefficient (Wildman–Crippen LogP) is 7.99. The van der Waals surface area contributed by atoms with E-state index >= 15 is 0 Å². The third-order valence-corrected chi connectivity index (χ3v) is 8.00. The third kappa shape index (κ3) is 6.23. The van der Waals surface area contributed by atoms with E-state index in [9.17, 15) is 14.9 Å². The maximum Gasteiger partial charge on any atom is 0.312 e. The quantitative estimate of drug-likeness (QED) is 0.112. The van der Waals surface area contributed by atoms with Gasteiger partial charge in [0.25, 0.3) is 5.56 Å². The Balaban J connectivity index is 1.52. The molecule has 200 valence electrons. The van der Waals surface area contributed by atoms with Gasteiger partial charge in [-0.05, 0) is 70.7 Å². The smallest absolute Gasteiger partial charge is 0.312 e. The van der Waals surface area contributed by atoms with Crippen LogP contribution in [0.5, 0.6) is 5.75 Å². The molecular formula is C28H23Br2ClN4O4. The van der Waals surface area contributed by atoms with Gasteiger partial charge in [0.15, 0.2) is 0 Å². The molecule has 1 aromatic heterocycles. The summed E-state index contributed by atoms with van der Waals surface area (Å²) >= 11 is 12.8. The predicted molar refractivity (Wildman–Crippen MR) is 159 cm³/mol. The van der Waals surface area contributed by atoms with Crippen molar-refractivity contribution in [2.45, 2.75) is 44.6 Å². The van der Waals surface area contributed by atoms with E-state index in [0.717, 1.165) is 42.1 Å². The lowest BCUT2D eigenvalue weighted by atomic mass is 9.88. The molecule has 0 spiro atoms. The first-order valence-electron chi connectivity index (χ1n) is 12.4. The molecule has 0 radical (unpaired) electrons. The molecule has 0 saturated heterocycles. The fourth-order valence-electron chi connectivity index (χ4n) is 4.72. The number of hydrogen-bond donors (Lipinski definition) is 0. The van der Waals surface area contributed by atoms with Crippen molar-refractivity contribution >= 4 is 66.3 Å². The molecule has 11 heteroatoms. The lowest BCUT2D eigenvalue weighted by Crippen LogP contribution is -2.25.